The molecule has 0 fully saturated rings. The highest BCUT2D eigenvalue weighted by molar-refractivity contribution is 7.89. The van der Waals surface area contributed by atoms with Gasteiger partial charge in [0.2, 0.25) is 15.9 Å². The van der Waals surface area contributed by atoms with Crippen LogP contribution in [0, 0.1) is 12.7 Å². The van der Waals surface area contributed by atoms with E-state index in [1.165, 1.54) is 19.1 Å². The SMILES string of the molecule is Cc1nc([C@H](C)NS(=O)(=O)c2c(F)cccc2Cl)no1. The molecule has 0 aliphatic heterocycles. The average Bonchev–Trinajstić information content (AvgIpc) is 2.74. The van der Waals surface area contributed by atoms with E-state index in [4.69, 9.17) is 16.1 Å². The van der Waals surface area contributed by atoms with Gasteiger partial charge in [0.1, 0.15) is 10.7 Å². The van der Waals surface area contributed by atoms with E-state index in [2.05, 4.69) is 14.9 Å². The maximum Gasteiger partial charge on any atom is 0.245 e. The van der Waals surface area contributed by atoms with Crippen molar-refractivity contribution in [2.45, 2.75) is 24.8 Å². The third-order valence-electron chi connectivity index (χ3n) is 2.45. The first kappa shape index (κ1) is 14.9. The number of hydrogen-bond acceptors (Lipinski definition) is 5. The number of nitrogens with one attached hydrogen (secondary N) is 1. The van der Waals surface area contributed by atoms with Gasteiger partial charge in [0, 0.05) is 6.92 Å². The Morgan fingerprint density at radius 2 is 2.15 bits per heavy atom. The predicted octanol–water partition coefficient (Wildman–Crippen LogP) is 2.21. The van der Waals surface area contributed by atoms with Gasteiger partial charge in [-0.05, 0) is 19.1 Å². The molecular weight excluding hydrogens is 309 g/mol. The molecule has 0 aliphatic carbocycles. The van der Waals surface area contributed by atoms with Gasteiger partial charge in [-0.1, -0.05) is 22.8 Å². The molecule has 108 valence electrons. The third kappa shape index (κ3) is 2.97. The van der Waals surface area contributed by atoms with Gasteiger partial charge in [0.05, 0.1) is 11.1 Å². The number of rotatable bonds is 4. The number of sulfonamides is 1. The zero-order valence-corrected chi connectivity index (χ0v) is 12.2. The maximum atomic E-state index is 13.6. The summed E-state index contributed by atoms with van der Waals surface area (Å²) in [4.78, 5) is 3.30. The number of benzene rings is 1. The second kappa shape index (κ2) is 5.47. The number of halogens is 2. The molecule has 9 heteroatoms. The van der Waals surface area contributed by atoms with Crippen LogP contribution in [0.1, 0.15) is 24.7 Å². The van der Waals surface area contributed by atoms with Crippen LogP contribution in [0.2, 0.25) is 5.02 Å². The van der Waals surface area contributed by atoms with Gasteiger partial charge < -0.3 is 4.52 Å². The predicted molar refractivity (Wildman–Crippen MR) is 69.2 cm³/mol. The highest BCUT2D eigenvalue weighted by Crippen LogP contribution is 2.25. The zero-order chi connectivity index (χ0) is 14.9. The molecule has 0 spiro atoms. The van der Waals surface area contributed by atoms with Crippen molar-refractivity contribution in [1.29, 1.82) is 0 Å². The fraction of sp³-hybridized carbons (Fsp3) is 0.273. The normalized spacial score (nSPS) is 13.4. The molecule has 2 aromatic rings. The van der Waals surface area contributed by atoms with Gasteiger partial charge in [-0.25, -0.2) is 17.5 Å². The summed E-state index contributed by atoms with van der Waals surface area (Å²) in [7, 11) is -4.14. The van der Waals surface area contributed by atoms with Gasteiger partial charge in [-0.15, -0.1) is 0 Å². The summed E-state index contributed by atoms with van der Waals surface area (Å²) in [5.74, 6) is -0.477. The van der Waals surface area contributed by atoms with Crippen molar-refractivity contribution in [2.75, 3.05) is 0 Å². The zero-order valence-electron chi connectivity index (χ0n) is 10.6. The quantitative estimate of drug-likeness (QED) is 0.933. The van der Waals surface area contributed by atoms with E-state index in [1.807, 2.05) is 0 Å². The Balaban J connectivity index is 2.32. The lowest BCUT2D eigenvalue weighted by atomic mass is 10.3. The Morgan fingerprint density at radius 3 is 2.70 bits per heavy atom. The summed E-state index contributed by atoms with van der Waals surface area (Å²) in [6.45, 7) is 3.09. The molecule has 1 aromatic carbocycles. The van der Waals surface area contributed by atoms with Crippen molar-refractivity contribution < 1.29 is 17.3 Å². The lowest BCUT2D eigenvalue weighted by molar-refractivity contribution is 0.383. The van der Waals surface area contributed by atoms with Crippen LogP contribution in [0.25, 0.3) is 0 Å². The van der Waals surface area contributed by atoms with Crippen molar-refractivity contribution in [3.05, 3.63) is 40.8 Å². The maximum absolute atomic E-state index is 13.6. The fourth-order valence-electron chi connectivity index (χ4n) is 1.57. The Hall–Kier alpha value is -1.51. The summed E-state index contributed by atoms with van der Waals surface area (Å²) in [5.41, 5.74) is 0. The van der Waals surface area contributed by atoms with E-state index in [-0.39, 0.29) is 10.8 Å². The van der Waals surface area contributed by atoms with Crippen LogP contribution in [-0.4, -0.2) is 18.6 Å². The minimum absolute atomic E-state index is 0.151. The molecule has 1 aromatic heterocycles. The topological polar surface area (TPSA) is 85.1 Å². The highest BCUT2D eigenvalue weighted by Gasteiger charge is 2.26. The van der Waals surface area contributed by atoms with Crippen molar-refractivity contribution in [3.8, 4) is 0 Å². The van der Waals surface area contributed by atoms with Gasteiger partial charge in [0.15, 0.2) is 5.82 Å². The van der Waals surface area contributed by atoms with Crippen LogP contribution in [0.5, 0.6) is 0 Å². The average molecular weight is 320 g/mol. The number of aryl methyl sites for hydroxylation is 1. The van der Waals surface area contributed by atoms with Gasteiger partial charge in [-0.2, -0.15) is 4.98 Å². The Bertz CT molecular complexity index is 712. The molecule has 1 atom stereocenters. The van der Waals surface area contributed by atoms with Crippen LogP contribution in [-0.2, 0) is 10.0 Å². The fourth-order valence-corrected chi connectivity index (χ4v) is 3.38. The van der Waals surface area contributed by atoms with Gasteiger partial charge in [0.25, 0.3) is 0 Å². The van der Waals surface area contributed by atoms with Crippen molar-refractivity contribution >= 4 is 21.6 Å². The molecule has 0 saturated carbocycles. The molecule has 1 heterocycles. The first-order chi connectivity index (χ1) is 9.31. The van der Waals surface area contributed by atoms with E-state index >= 15 is 0 Å². The molecule has 1 N–H and O–H groups in total. The molecule has 0 saturated heterocycles. The second-order valence-corrected chi connectivity index (χ2v) is 6.12. The van der Waals surface area contributed by atoms with Crippen molar-refractivity contribution in [3.63, 3.8) is 0 Å². The number of hydrogen-bond donors (Lipinski definition) is 1. The van der Waals surface area contributed by atoms with Crippen molar-refractivity contribution in [1.82, 2.24) is 14.9 Å². The highest BCUT2D eigenvalue weighted by atomic mass is 35.5. The van der Waals surface area contributed by atoms with E-state index < -0.39 is 26.8 Å². The molecule has 0 unspecified atom stereocenters. The molecular formula is C11H11ClFN3O3S. The van der Waals surface area contributed by atoms with Gasteiger partial charge in [-0.3, -0.25) is 0 Å². The van der Waals surface area contributed by atoms with Crippen LogP contribution in [0.3, 0.4) is 0 Å². The summed E-state index contributed by atoms with van der Waals surface area (Å²) in [6, 6.07) is 2.85. The van der Waals surface area contributed by atoms with Gasteiger partial charge >= 0.3 is 0 Å². The minimum atomic E-state index is -4.14. The lowest BCUT2D eigenvalue weighted by Crippen LogP contribution is -2.28. The molecule has 0 aliphatic rings. The Morgan fingerprint density at radius 1 is 1.45 bits per heavy atom. The smallest absolute Gasteiger partial charge is 0.245 e. The summed E-state index contributed by atoms with van der Waals surface area (Å²) in [5, 5.41) is 3.40. The summed E-state index contributed by atoms with van der Waals surface area (Å²) in [6.07, 6.45) is 0. The second-order valence-electron chi connectivity index (χ2n) is 4.07. The molecule has 6 nitrogen and oxygen atoms in total. The van der Waals surface area contributed by atoms with E-state index in [0.29, 0.717) is 5.89 Å². The van der Waals surface area contributed by atoms with Crippen molar-refractivity contribution in [2.24, 2.45) is 0 Å². The first-order valence-electron chi connectivity index (χ1n) is 5.58. The molecule has 2 rings (SSSR count). The molecule has 0 amide bonds. The van der Waals surface area contributed by atoms with Crippen LogP contribution >= 0.6 is 11.6 Å². The first-order valence-corrected chi connectivity index (χ1v) is 7.44. The third-order valence-corrected chi connectivity index (χ3v) is 4.49. The number of aromatic nitrogens is 2. The van der Waals surface area contributed by atoms with Crippen LogP contribution in [0.15, 0.2) is 27.6 Å². The molecule has 0 bridgehead atoms. The van der Waals surface area contributed by atoms with Crippen LogP contribution < -0.4 is 4.72 Å². The molecule has 0 radical (unpaired) electrons. The minimum Gasteiger partial charge on any atom is -0.340 e. The summed E-state index contributed by atoms with van der Waals surface area (Å²) < 4.78 is 44.9. The van der Waals surface area contributed by atoms with E-state index in [1.54, 1.807) is 6.92 Å². The largest absolute Gasteiger partial charge is 0.340 e. The van der Waals surface area contributed by atoms with E-state index in [9.17, 15) is 12.8 Å². The Kier molecular flexibility index (Phi) is 4.07. The monoisotopic (exact) mass is 319 g/mol. The Labute approximate surface area is 120 Å². The van der Waals surface area contributed by atoms with E-state index in [0.717, 1.165) is 6.07 Å². The lowest BCUT2D eigenvalue weighted by Gasteiger charge is -2.12. The number of nitrogens with zero attached hydrogens (tertiary/aromatic N) is 2. The van der Waals surface area contributed by atoms with Crippen LogP contribution in [0.4, 0.5) is 4.39 Å². The molecule has 20 heavy (non-hydrogen) atoms. The summed E-state index contributed by atoms with van der Waals surface area (Å²) >= 11 is 5.74. The standard InChI is InChI=1S/C11H11ClFN3O3S/c1-6(11-14-7(2)19-15-11)16-20(17,18)10-8(12)4-3-5-9(10)13/h3-6,16H,1-2H3/t6-/m0/s1.